The van der Waals surface area contributed by atoms with Crippen LogP contribution in [-0.4, -0.2) is 15.9 Å². The summed E-state index contributed by atoms with van der Waals surface area (Å²) in [5, 5.41) is 2.41. The lowest BCUT2D eigenvalue weighted by atomic mass is 10.2. The summed E-state index contributed by atoms with van der Waals surface area (Å²) in [6.07, 6.45) is -4.20. The van der Waals surface area contributed by atoms with E-state index in [1.807, 2.05) is 0 Å². The van der Waals surface area contributed by atoms with Gasteiger partial charge >= 0.3 is 6.18 Å². The SMILES string of the molecule is NC(=O)c1cnc(Nc2cccc(F)c2)nc1C(F)(F)F. The zero-order chi connectivity index (χ0) is 15.6. The number of nitrogens with one attached hydrogen (secondary N) is 1. The number of anilines is 2. The predicted octanol–water partition coefficient (Wildman–Crippen LogP) is 2.48. The smallest absolute Gasteiger partial charge is 0.365 e. The first-order valence-electron chi connectivity index (χ1n) is 5.54. The van der Waals surface area contributed by atoms with Gasteiger partial charge in [0.05, 0.1) is 5.56 Å². The van der Waals surface area contributed by atoms with E-state index in [2.05, 4.69) is 15.3 Å². The van der Waals surface area contributed by atoms with E-state index in [0.717, 1.165) is 6.07 Å². The van der Waals surface area contributed by atoms with E-state index >= 15 is 0 Å². The summed E-state index contributed by atoms with van der Waals surface area (Å²) < 4.78 is 51.4. The molecule has 0 atom stereocenters. The van der Waals surface area contributed by atoms with Crippen LogP contribution in [0.25, 0.3) is 0 Å². The van der Waals surface area contributed by atoms with Crippen LogP contribution in [0, 0.1) is 5.82 Å². The standard InChI is InChI=1S/C12H8F4N4O/c13-6-2-1-3-7(4-6)19-11-18-5-8(10(17)21)9(20-11)12(14,15)16/h1-5H,(H2,17,21)(H,18,19,20). The van der Waals surface area contributed by atoms with Gasteiger partial charge in [0.25, 0.3) is 5.91 Å². The number of nitrogens with zero attached hydrogens (tertiary/aromatic N) is 2. The van der Waals surface area contributed by atoms with E-state index in [-0.39, 0.29) is 5.69 Å². The molecule has 2 aromatic rings. The van der Waals surface area contributed by atoms with Crippen LogP contribution in [0.4, 0.5) is 29.2 Å². The molecule has 1 heterocycles. The largest absolute Gasteiger partial charge is 0.434 e. The Kier molecular flexibility index (Phi) is 3.74. The maximum absolute atomic E-state index is 13.0. The third-order valence-corrected chi connectivity index (χ3v) is 2.40. The van der Waals surface area contributed by atoms with Gasteiger partial charge in [0.2, 0.25) is 5.95 Å². The number of hydrogen-bond acceptors (Lipinski definition) is 4. The van der Waals surface area contributed by atoms with Gasteiger partial charge < -0.3 is 11.1 Å². The van der Waals surface area contributed by atoms with Crippen molar-refractivity contribution in [3.63, 3.8) is 0 Å². The molecular weight excluding hydrogens is 292 g/mol. The van der Waals surface area contributed by atoms with Crippen LogP contribution < -0.4 is 11.1 Å². The van der Waals surface area contributed by atoms with Crippen molar-refractivity contribution in [2.75, 3.05) is 5.32 Å². The average Bonchev–Trinajstić information content (AvgIpc) is 2.37. The summed E-state index contributed by atoms with van der Waals surface area (Å²) >= 11 is 0. The number of primary amides is 1. The fraction of sp³-hybridized carbons (Fsp3) is 0.0833. The quantitative estimate of drug-likeness (QED) is 0.853. The Morgan fingerprint density at radius 2 is 2.00 bits per heavy atom. The van der Waals surface area contributed by atoms with Gasteiger partial charge in [-0.1, -0.05) is 6.07 Å². The number of hydrogen-bond donors (Lipinski definition) is 2. The topological polar surface area (TPSA) is 80.9 Å². The van der Waals surface area contributed by atoms with Crippen LogP contribution in [-0.2, 0) is 6.18 Å². The summed E-state index contributed by atoms with van der Waals surface area (Å²) in [5.41, 5.74) is 2.71. The van der Waals surface area contributed by atoms with Gasteiger partial charge in [0.15, 0.2) is 5.69 Å². The molecular formula is C12H8F4N4O. The molecule has 1 aromatic carbocycles. The van der Waals surface area contributed by atoms with Crippen molar-refractivity contribution < 1.29 is 22.4 Å². The Morgan fingerprint density at radius 1 is 1.29 bits per heavy atom. The van der Waals surface area contributed by atoms with Gasteiger partial charge in [-0.05, 0) is 18.2 Å². The maximum Gasteiger partial charge on any atom is 0.434 e. The van der Waals surface area contributed by atoms with Gasteiger partial charge in [-0.15, -0.1) is 0 Å². The number of aromatic nitrogens is 2. The van der Waals surface area contributed by atoms with Crippen molar-refractivity contribution in [1.82, 2.24) is 9.97 Å². The Balaban J connectivity index is 2.40. The van der Waals surface area contributed by atoms with Crippen molar-refractivity contribution in [1.29, 1.82) is 0 Å². The molecule has 0 aliphatic rings. The van der Waals surface area contributed by atoms with Crippen molar-refractivity contribution in [3.05, 3.63) is 47.5 Å². The number of carbonyl (C=O) groups excluding carboxylic acids is 1. The number of nitrogens with two attached hydrogens (primary N) is 1. The molecule has 0 bridgehead atoms. The molecule has 9 heteroatoms. The molecule has 0 saturated carbocycles. The molecule has 0 fully saturated rings. The monoisotopic (exact) mass is 300 g/mol. The molecule has 21 heavy (non-hydrogen) atoms. The van der Waals surface area contributed by atoms with Crippen LogP contribution in [0.2, 0.25) is 0 Å². The predicted molar refractivity (Wildman–Crippen MR) is 65.2 cm³/mol. The highest BCUT2D eigenvalue weighted by molar-refractivity contribution is 5.93. The van der Waals surface area contributed by atoms with Gasteiger partial charge in [-0.3, -0.25) is 4.79 Å². The van der Waals surface area contributed by atoms with Crippen LogP contribution >= 0.6 is 0 Å². The lowest BCUT2D eigenvalue weighted by Crippen LogP contribution is -2.21. The molecule has 1 amide bonds. The lowest BCUT2D eigenvalue weighted by molar-refractivity contribution is -0.141. The second-order valence-corrected chi connectivity index (χ2v) is 3.95. The van der Waals surface area contributed by atoms with Crippen LogP contribution in [0.1, 0.15) is 16.1 Å². The zero-order valence-corrected chi connectivity index (χ0v) is 10.3. The fourth-order valence-corrected chi connectivity index (χ4v) is 1.53. The molecule has 0 unspecified atom stereocenters. The molecule has 0 radical (unpaired) electrons. The maximum atomic E-state index is 13.0. The number of carbonyl (C=O) groups is 1. The van der Waals surface area contributed by atoms with Crippen LogP contribution in [0.3, 0.4) is 0 Å². The van der Waals surface area contributed by atoms with Crippen LogP contribution in [0.15, 0.2) is 30.5 Å². The summed E-state index contributed by atoms with van der Waals surface area (Å²) in [4.78, 5) is 17.7. The minimum Gasteiger partial charge on any atom is -0.365 e. The molecule has 1 aromatic heterocycles. The van der Waals surface area contributed by atoms with Gasteiger partial charge in [0, 0.05) is 11.9 Å². The third-order valence-electron chi connectivity index (χ3n) is 2.40. The Bertz CT molecular complexity index is 687. The summed E-state index contributed by atoms with van der Waals surface area (Å²) in [6.45, 7) is 0. The third kappa shape index (κ3) is 3.44. The fourth-order valence-electron chi connectivity index (χ4n) is 1.53. The summed E-state index contributed by atoms with van der Waals surface area (Å²) in [6, 6.07) is 5.00. The van der Waals surface area contributed by atoms with Crippen molar-refractivity contribution in [2.45, 2.75) is 6.18 Å². The first kappa shape index (κ1) is 14.7. The molecule has 0 aliphatic heterocycles. The van der Waals surface area contributed by atoms with E-state index in [0.29, 0.717) is 6.20 Å². The number of rotatable bonds is 3. The van der Waals surface area contributed by atoms with Crippen LogP contribution in [0.5, 0.6) is 0 Å². The number of benzene rings is 1. The Labute approximate surface area is 115 Å². The molecule has 0 aliphatic carbocycles. The van der Waals surface area contributed by atoms with E-state index in [1.54, 1.807) is 0 Å². The van der Waals surface area contributed by atoms with Crippen molar-refractivity contribution in [3.8, 4) is 0 Å². The normalized spacial score (nSPS) is 11.2. The lowest BCUT2D eigenvalue weighted by Gasteiger charge is -2.11. The Morgan fingerprint density at radius 3 is 2.57 bits per heavy atom. The number of alkyl halides is 3. The molecule has 5 nitrogen and oxygen atoms in total. The van der Waals surface area contributed by atoms with Crippen molar-refractivity contribution in [2.24, 2.45) is 5.73 Å². The average molecular weight is 300 g/mol. The van der Waals surface area contributed by atoms with E-state index in [1.165, 1.54) is 18.2 Å². The highest BCUT2D eigenvalue weighted by Crippen LogP contribution is 2.31. The summed E-state index contributed by atoms with van der Waals surface area (Å²) in [7, 11) is 0. The highest BCUT2D eigenvalue weighted by atomic mass is 19.4. The highest BCUT2D eigenvalue weighted by Gasteiger charge is 2.37. The second kappa shape index (κ2) is 5.35. The number of amides is 1. The van der Waals surface area contributed by atoms with Gasteiger partial charge in [0.1, 0.15) is 5.82 Å². The second-order valence-electron chi connectivity index (χ2n) is 3.95. The first-order chi connectivity index (χ1) is 9.77. The van der Waals surface area contributed by atoms with E-state index in [9.17, 15) is 22.4 Å². The van der Waals surface area contributed by atoms with Crippen molar-refractivity contribution >= 4 is 17.5 Å². The van der Waals surface area contributed by atoms with E-state index < -0.39 is 35.1 Å². The van der Waals surface area contributed by atoms with Gasteiger partial charge in [-0.25, -0.2) is 14.4 Å². The minimum atomic E-state index is -4.87. The molecule has 0 spiro atoms. The Hall–Kier alpha value is -2.71. The summed E-state index contributed by atoms with van der Waals surface area (Å²) in [5.74, 6) is -2.30. The zero-order valence-electron chi connectivity index (χ0n) is 10.3. The van der Waals surface area contributed by atoms with E-state index in [4.69, 9.17) is 5.73 Å². The molecule has 110 valence electrons. The molecule has 2 rings (SSSR count). The first-order valence-corrected chi connectivity index (χ1v) is 5.54. The van der Waals surface area contributed by atoms with Gasteiger partial charge in [-0.2, -0.15) is 13.2 Å². The molecule has 0 saturated heterocycles. The minimum absolute atomic E-state index is 0.162. The molecule has 3 N–H and O–H groups in total. The number of halogens is 4.